The average Bonchev–Trinajstić information content (AvgIpc) is 2.36. The Morgan fingerprint density at radius 2 is 2.06 bits per heavy atom. The van der Waals surface area contributed by atoms with Crippen LogP contribution in [-0.4, -0.2) is 23.5 Å². The predicted octanol–water partition coefficient (Wildman–Crippen LogP) is 2.08. The van der Waals surface area contributed by atoms with Crippen molar-refractivity contribution in [3.63, 3.8) is 0 Å². The van der Waals surface area contributed by atoms with Crippen molar-refractivity contribution < 1.29 is 13.5 Å². The van der Waals surface area contributed by atoms with Crippen LogP contribution in [0.2, 0.25) is 0 Å². The molecule has 0 aliphatic rings. The molecular formula is C12H18ClNO3S. The largest absolute Gasteiger partial charge is 0.399 e. The molecule has 2 atom stereocenters. The van der Waals surface area contributed by atoms with Crippen LogP contribution in [0, 0.1) is 0 Å². The number of hydrogen-bond donors (Lipinski definition) is 2. The van der Waals surface area contributed by atoms with Gasteiger partial charge in [-0.05, 0) is 24.1 Å². The molecule has 1 rings (SSSR count). The van der Waals surface area contributed by atoms with E-state index in [2.05, 4.69) is 0 Å². The van der Waals surface area contributed by atoms with Gasteiger partial charge in [0.2, 0.25) is 0 Å². The van der Waals surface area contributed by atoms with Gasteiger partial charge in [-0.25, -0.2) is 8.42 Å². The van der Waals surface area contributed by atoms with Gasteiger partial charge < -0.3 is 10.8 Å². The number of aliphatic hydroxyl groups is 1. The molecule has 0 aromatic heterocycles. The van der Waals surface area contributed by atoms with Crippen LogP contribution < -0.4 is 5.73 Å². The molecule has 3 N–H and O–H groups in total. The monoisotopic (exact) mass is 291 g/mol. The van der Waals surface area contributed by atoms with Gasteiger partial charge in [0.25, 0.3) is 0 Å². The Morgan fingerprint density at radius 1 is 1.44 bits per heavy atom. The molecule has 2 unspecified atom stereocenters. The number of rotatable bonds is 5. The maximum atomic E-state index is 12.0. The van der Waals surface area contributed by atoms with Crippen LogP contribution in [0.15, 0.2) is 24.3 Å². The highest BCUT2D eigenvalue weighted by Gasteiger charge is 2.46. The van der Waals surface area contributed by atoms with Gasteiger partial charge >= 0.3 is 0 Å². The Balaban J connectivity index is 3.26. The van der Waals surface area contributed by atoms with Gasteiger partial charge in [-0.2, -0.15) is 0 Å². The van der Waals surface area contributed by atoms with E-state index in [0.717, 1.165) is 0 Å². The van der Waals surface area contributed by atoms with Crippen LogP contribution in [-0.2, 0) is 9.84 Å². The highest BCUT2D eigenvalue weighted by molar-refractivity contribution is 7.94. The third-order valence-electron chi connectivity index (χ3n) is 3.01. The molecule has 0 saturated heterocycles. The maximum Gasteiger partial charge on any atom is 0.175 e. The fourth-order valence-corrected chi connectivity index (χ4v) is 3.65. The number of nitrogen functional groups attached to an aromatic ring is 1. The third kappa shape index (κ3) is 2.63. The van der Waals surface area contributed by atoms with Gasteiger partial charge in [-0.15, -0.1) is 0 Å². The van der Waals surface area contributed by atoms with Crippen LogP contribution in [0.25, 0.3) is 0 Å². The first-order valence-electron chi connectivity index (χ1n) is 5.73. The zero-order valence-electron chi connectivity index (χ0n) is 10.4. The van der Waals surface area contributed by atoms with Crippen LogP contribution in [0.5, 0.6) is 0 Å². The van der Waals surface area contributed by atoms with Crippen molar-refractivity contribution in [1.82, 2.24) is 0 Å². The van der Waals surface area contributed by atoms with Crippen molar-refractivity contribution in [2.75, 3.05) is 11.5 Å². The lowest BCUT2D eigenvalue weighted by Crippen LogP contribution is -2.39. The number of anilines is 1. The van der Waals surface area contributed by atoms with Crippen molar-refractivity contribution in [1.29, 1.82) is 0 Å². The molecular weight excluding hydrogens is 274 g/mol. The molecule has 0 amide bonds. The minimum absolute atomic E-state index is 0.112. The molecule has 0 radical (unpaired) electrons. The Bertz CT molecular complexity index is 518. The first kappa shape index (κ1) is 15.3. The molecule has 0 heterocycles. The Kier molecular flexibility index (Phi) is 4.64. The molecule has 6 heteroatoms. The first-order valence-corrected chi connectivity index (χ1v) is 7.76. The number of nitrogens with two attached hydrogens (primary N) is 1. The molecule has 0 saturated carbocycles. The molecule has 0 spiro atoms. The van der Waals surface area contributed by atoms with Crippen LogP contribution in [0.3, 0.4) is 0 Å². The lowest BCUT2D eigenvalue weighted by Gasteiger charge is -2.30. The fourth-order valence-electron chi connectivity index (χ4n) is 1.80. The standard InChI is InChI=1S/C12H18ClNO3S/c1-3-12(13,18(16,17)4-2)11(15)9-6-5-7-10(14)8-9/h5-8,11,15H,3-4,14H2,1-2H3. The van der Waals surface area contributed by atoms with E-state index in [0.29, 0.717) is 11.3 Å². The van der Waals surface area contributed by atoms with Crippen molar-refractivity contribution in [2.24, 2.45) is 0 Å². The molecule has 1 aromatic carbocycles. The molecule has 4 nitrogen and oxygen atoms in total. The maximum absolute atomic E-state index is 12.0. The predicted molar refractivity (Wildman–Crippen MR) is 74.2 cm³/mol. The lowest BCUT2D eigenvalue weighted by molar-refractivity contribution is 0.154. The number of alkyl halides is 1. The summed E-state index contributed by atoms with van der Waals surface area (Å²) in [5.74, 6) is -0.121. The molecule has 0 aliphatic carbocycles. The van der Waals surface area contributed by atoms with Crippen molar-refractivity contribution in [3.8, 4) is 0 Å². The highest BCUT2D eigenvalue weighted by atomic mass is 35.5. The van der Waals surface area contributed by atoms with Gasteiger partial charge in [0, 0.05) is 11.4 Å². The van der Waals surface area contributed by atoms with Crippen LogP contribution >= 0.6 is 11.6 Å². The Labute approximate surface area is 113 Å². The summed E-state index contributed by atoms with van der Waals surface area (Å²) >= 11 is 6.17. The Hall–Kier alpha value is -0.780. The van der Waals surface area contributed by atoms with Crippen LogP contribution in [0.1, 0.15) is 31.9 Å². The van der Waals surface area contributed by atoms with E-state index >= 15 is 0 Å². The second-order valence-electron chi connectivity index (χ2n) is 4.12. The molecule has 18 heavy (non-hydrogen) atoms. The summed E-state index contributed by atoms with van der Waals surface area (Å²) in [6.07, 6.45) is -1.20. The zero-order chi connectivity index (χ0) is 14.0. The van der Waals surface area contributed by atoms with Gasteiger partial charge in [-0.1, -0.05) is 37.6 Å². The summed E-state index contributed by atoms with van der Waals surface area (Å²) in [4.78, 5) is 0. The van der Waals surface area contributed by atoms with Gasteiger partial charge in [0.05, 0.1) is 0 Å². The lowest BCUT2D eigenvalue weighted by atomic mass is 10.0. The summed E-state index contributed by atoms with van der Waals surface area (Å²) in [5.41, 5.74) is 6.48. The topological polar surface area (TPSA) is 80.4 Å². The summed E-state index contributed by atoms with van der Waals surface area (Å²) in [5, 5.41) is 10.3. The summed E-state index contributed by atoms with van der Waals surface area (Å²) in [6, 6.07) is 6.45. The van der Waals surface area contributed by atoms with E-state index in [4.69, 9.17) is 17.3 Å². The van der Waals surface area contributed by atoms with Crippen LogP contribution in [0.4, 0.5) is 5.69 Å². The van der Waals surface area contributed by atoms with E-state index in [1.165, 1.54) is 13.0 Å². The molecule has 1 aromatic rings. The Morgan fingerprint density at radius 3 is 2.50 bits per heavy atom. The van der Waals surface area contributed by atoms with Crippen molar-refractivity contribution >= 4 is 27.1 Å². The quantitative estimate of drug-likeness (QED) is 0.643. The van der Waals surface area contributed by atoms with Gasteiger partial charge in [-0.3, -0.25) is 0 Å². The fraction of sp³-hybridized carbons (Fsp3) is 0.500. The second kappa shape index (κ2) is 5.47. The number of aliphatic hydroxyl groups excluding tert-OH is 1. The minimum atomic E-state index is -3.60. The van der Waals surface area contributed by atoms with Gasteiger partial charge in [0.15, 0.2) is 14.0 Å². The normalized spacial score (nSPS) is 17.1. The van der Waals surface area contributed by atoms with E-state index in [9.17, 15) is 13.5 Å². The van der Waals surface area contributed by atoms with Crippen molar-refractivity contribution in [2.45, 2.75) is 30.6 Å². The minimum Gasteiger partial charge on any atom is -0.399 e. The van der Waals surface area contributed by atoms with E-state index < -0.39 is 20.1 Å². The summed E-state index contributed by atoms with van der Waals surface area (Å²) in [7, 11) is -3.60. The molecule has 102 valence electrons. The van der Waals surface area contributed by atoms with E-state index in [-0.39, 0.29) is 12.2 Å². The van der Waals surface area contributed by atoms with Crippen molar-refractivity contribution in [3.05, 3.63) is 29.8 Å². The summed E-state index contributed by atoms with van der Waals surface area (Å²) in [6.45, 7) is 3.14. The molecule has 0 bridgehead atoms. The third-order valence-corrected chi connectivity index (χ3v) is 6.50. The number of halogens is 1. The second-order valence-corrected chi connectivity index (χ2v) is 7.55. The molecule has 0 fully saturated rings. The zero-order valence-corrected chi connectivity index (χ0v) is 12.0. The van der Waals surface area contributed by atoms with Gasteiger partial charge in [0.1, 0.15) is 6.10 Å². The van der Waals surface area contributed by atoms with E-state index in [1.807, 2.05) is 0 Å². The summed E-state index contributed by atoms with van der Waals surface area (Å²) < 4.78 is 22.3. The number of hydrogen-bond acceptors (Lipinski definition) is 4. The highest BCUT2D eigenvalue weighted by Crippen LogP contribution is 2.40. The number of benzene rings is 1. The number of sulfone groups is 1. The SMILES string of the molecule is CCC(Cl)(C(O)c1cccc(N)c1)S(=O)(=O)CC. The first-order chi connectivity index (χ1) is 8.28. The average molecular weight is 292 g/mol. The molecule has 0 aliphatic heterocycles. The van der Waals surface area contributed by atoms with E-state index in [1.54, 1.807) is 25.1 Å². The smallest absolute Gasteiger partial charge is 0.175 e.